The Bertz CT molecular complexity index is 540. The van der Waals surface area contributed by atoms with Gasteiger partial charge in [-0.25, -0.2) is 5.43 Å². The van der Waals surface area contributed by atoms with E-state index in [-0.39, 0.29) is 17.9 Å². The predicted molar refractivity (Wildman–Crippen MR) is 77.4 cm³/mol. The maximum atomic E-state index is 12.1. The summed E-state index contributed by atoms with van der Waals surface area (Å²) in [7, 11) is 0. The Morgan fingerprint density at radius 1 is 1.40 bits per heavy atom. The first kappa shape index (κ1) is 14.5. The van der Waals surface area contributed by atoms with Gasteiger partial charge in [-0.15, -0.1) is 0 Å². The van der Waals surface area contributed by atoms with Gasteiger partial charge in [0.2, 0.25) is 5.91 Å². The highest BCUT2D eigenvalue weighted by Crippen LogP contribution is 2.19. The van der Waals surface area contributed by atoms with Crippen LogP contribution in [0.15, 0.2) is 29.4 Å². The normalized spacial score (nSPS) is 16.1. The number of hydrogen-bond donors (Lipinski definition) is 2. The zero-order valence-electron chi connectivity index (χ0n) is 11.1. The number of carbonyl (C=O) groups excluding carboxylic acids is 2. The largest absolute Gasteiger partial charge is 0.344 e. The predicted octanol–water partition coefficient (Wildman–Crippen LogP) is 2.17. The molecule has 1 heterocycles. The van der Waals surface area contributed by atoms with Gasteiger partial charge in [-0.3, -0.25) is 9.59 Å². The molecule has 2 N–H and O–H groups in total. The van der Waals surface area contributed by atoms with Crippen molar-refractivity contribution in [3.05, 3.63) is 34.9 Å². The van der Waals surface area contributed by atoms with E-state index in [9.17, 15) is 9.59 Å². The lowest BCUT2D eigenvalue weighted by Gasteiger charge is -2.19. The first-order chi connectivity index (χ1) is 9.60. The van der Waals surface area contributed by atoms with Gasteiger partial charge in [0.05, 0.1) is 6.04 Å². The summed E-state index contributed by atoms with van der Waals surface area (Å²) in [5.74, 6) is -0.405. The molecule has 0 saturated heterocycles. The smallest absolute Gasteiger partial charge is 0.267 e. The fourth-order valence-electron chi connectivity index (χ4n) is 2.00. The van der Waals surface area contributed by atoms with Crippen molar-refractivity contribution in [3.63, 3.8) is 0 Å². The van der Waals surface area contributed by atoms with Crippen LogP contribution in [0.25, 0.3) is 0 Å². The molecule has 20 heavy (non-hydrogen) atoms. The number of halogens is 1. The summed E-state index contributed by atoms with van der Waals surface area (Å²) >= 11 is 5.85. The highest BCUT2D eigenvalue weighted by atomic mass is 35.5. The molecule has 0 bridgehead atoms. The first-order valence-corrected chi connectivity index (χ1v) is 6.89. The highest BCUT2D eigenvalue weighted by Gasteiger charge is 2.21. The molecule has 2 amide bonds. The third-order valence-corrected chi connectivity index (χ3v) is 3.40. The summed E-state index contributed by atoms with van der Waals surface area (Å²) < 4.78 is 0. The summed E-state index contributed by atoms with van der Waals surface area (Å²) in [6.45, 7) is 1.99. The van der Waals surface area contributed by atoms with E-state index in [0.29, 0.717) is 23.6 Å². The summed E-state index contributed by atoms with van der Waals surface area (Å²) in [5.41, 5.74) is 3.67. The Labute approximate surface area is 122 Å². The van der Waals surface area contributed by atoms with Gasteiger partial charge in [-0.05, 0) is 24.1 Å². The van der Waals surface area contributed by atoms with E-state index in [1.54, 1.807) is 12.1 Å². The van der Waals surface area contributed by atoms with Crippen LogP contribution in [-0.4, -0.2) is 17.5 Å². The quantitative estimate of drug-likeness (QED) is 0.893. The van der Waals surface area contributed by atoms with Crippen molar-refractivity contribution in [2.45, 2.75) is 32.2 Å². The van der Waals surface area contributed by atoms with E-state index < -0.39 is 0 Å². The van der Waals surface area contributed by atoms with Crippen molar-refractivity contribution in [2.24, 2.45) is 5.10 Å². The average Bonchev–Trinajstić information content (AvgIpc) is 2.46. The van der Waals surface area contributed by atoms with Gasteiger partial charge in [0, 0.05) is 17.9 Å². The number of amides is 2. The van der Waals surface area contributed by atoms with Crippen molar-refractivity contribution in [3.8, 4) is 0 Å². The highest BCUT2D eigenvalue weighted by molar-refractivity contribution is 6.39. The van der Waals surface area contributed by atoms with Gasteiger partial charge in [-0.1, -0.05) is 30.7 Å². The number of hydrogen-bond acceptors (Lipinski definition) is 3. The van der Waals surface area contributed by atoms with Gasteiger partial charge in [-0.2, -0.15) is 5.10 Å². The molecule has 1 atom stereocenters. The van der Waals surface area contributed by atoms with Crippen LogP contribution in [0.4, 0.5) is 0 Å². The lowest BCUT2D eigenvalue weighted by atomic mass is 10.0. The Morgan fingerprint density at radius 3 is 2.65 bits per heavy atom. The topological polar surface area (TPSA) is 70.6 Å². The number of nitrogens with one attached hydrogen (secondary N) is 2. The first-order valence-electron chi connectivity index (χ1n) is 6.52. The zero-order chi connectivity index (χ0) is 14.5. The van der Waals surface area contributed by atoms with Crippen LogP contribution in [0.5, 0.6) is 0 Å². The molecule has 1 unspecified atom stereocenters. The second kappa shape index (κ2) is 6.52. The third-order valence-electron chi connectivity index (χ3n) is 3.15. The lowest BCUT2D eigenvalue weighted by Crippen LogP contribution is -2.38. The molecule has 0 spiro atoms. The van der Waals surface area contributed by atoms with Gasteiger partial charge >= 0.3 is 0 Å². The number of benzene rings is 1. The molecule has 6 heteroatoms. The summed E-state index contributed by atoms with van der Waals surface area (Å²) in [4.78, 5) is 23.1. The maximum Gasteiger partial charge on any atom is 0.267 e. The SMILES string of the molecule is CCC(NC(=O)C1=NNC(=O)CC1)c1ccc(Cl)cc1. The molecule has 0 aliphatic carbocycles. The van der Waals surface area contributed by atoms with Crippen molar-refractivity contribution >= 4 is 29.1 Å². The van der Waals surface area contributed by atoms with Crippen molar-refractivity contribution < 1.29 is 9.59 Å². The molecular weight excluding hydrogens is 278 g/mol. The van der Waals surface area contributed by atoms with Crippen LogP contribution in [0.2, 0.25) is 5.02 Å². The van der Waals surface area contributed by atoms with E-state index in [1.165, 1.54) is 0 Å². The van der Waals surface area contributed by atoms with Crippen molar-refractivity contribution in [1.29, 1.82) is 0 Å². The molecular formula is C14H16ClN3O2. The van der Waals surface area contributed by atoms with E-state index in [0.717, 1.165) is 12.0 Å². The molecule has 1 aromatic rings. The molecule has 1 aliphatic rings. The Balaban J connectivity index is 2.04. The summed E-state index contributed by atoms with van der Waals surface area (Å²) in [6.07, 6.45) is 1.42. The molecule has 106 valence electrons. The number of carbonyl (C=O) groups is 2. The van der Waals surface area contributed by atoms with E-state index in [1.807, 2.05) is 19.1 Å². The van der Waals surface area contributed by atoms with E-state index in [2.05, 4.69) is 15.8 Å². The number of nitrogens with zero attached hydrogens (tertiary/aromatic N) is 1. The number of hydrazone groups is 1. The minimum atomic E-state index is -0.244. The fraction of sp³-hybridized carbons (Fsp3) is 0.357. The molecule has 0 saturated carbocycles. The van der Waals surface area contributed by atoms with Crippen LogP contribution in [0.1, 0.15) is 37.8 Å². The van der Waals surface area contributed by atoms with Crippen molar-refractivity contribution in [1.82, 2.24) is 10.7 Å². The van der Waals surface area contributed by atoms with Crippen LogP contribution < -0.4 is 10.7 Å². The summed E-state index contributed by atoms with van der Waals surface area (Å²) in [5, 5.41) is 7.37. The Kier molecular flexibility index (Phi) is 4.74. The molecule has 5 nitrogen and oxygen atoms in total. The monoisotopic (exact) mass is 293 g/mol. The van der Waals surface area contributed by atoms with Crippen molar-refractivity contribution in [2.75, 3.05) is 0 Å². The van der Waals surface area contributed by atoms with Crippen LogP contribution in [-0.2, 0) is 9.59 Å². The average molecular weight is 294 g/mol. The van der Waals surface area contributed by atoms with Crippen LogP contribution in [0.3, 0.4) is 0 Å². The third kappa shape index (κ3) is 3.57. The van der Waals surface area contributed by atoms with Crippen LogP contribution >= 0.6 is 11.6 Å². The van der Waals surface area contributed by atoms with E-state index in [4.69, 9.17) is 11.6 Å². The number of rotatable bonds is 4. The molecule has 0 radical (unpaired) electrons. The standard InChI is InChI=1S/C14H16ClN3O2/c1-2-11(9-3-5-10(15)6-4-9)16-14(20)12-7-8-13(19)18-17-12/h3-6,11H,2,7-8H2,1H3,(H,16,20)(H,18,19). The Morgan fingerprint density at radius 2 is 2.10 bits per heavy atom. The minimum Gasteiger partial charge on any atom is -0.344 e. The molecule has 2 rings (SSSR count). The van der Waals surface area contributed by atoms with Gasteiger partial charge in [0.1, 0.15) is 5.71 Å². The maximum absolute atomic E-state index is 12.1. The molecule has 0 aromatic heterocycles. The second-order valence-corrected chi connectivity index (χ2v) is 5.02. The lowest BCUT2D eigenvalue weighted by molar-refractivity contribution is -0.121. The van der Waals surface area contributed by atoms with E-state index >= 15 is 0 Å². The molecule has 1 aromatic carbocycles. The Hall–Kier alpha value is -1.88. The minimum absolute atomic E-state index is 0.0971. The second-order valence-electron chi connectivity index (χ2n) is 4.58. The van der Waals surface area contributed by atoms with Gasteiger partial charge < -0.3 is 5.32 Å². The molecule has 0 fully saturated rings. The molecule has 1 aliphatic heterocycles. The zero-order valence-corrected chi connectivity index (χ0v) is 11.9. The fourth-order valence-corrected chi connectivity index (χ4v) is 2.12. The summed E-state index contributed by atoms with van der Waals surface area (Å²) in [6, 6.07) is 7.27. The van der Waals surface area contributed by atoms with Crippen LogP contribution in [0, 0.1) is 0 Å². The van der Waals surface area contributed by atoms with Gasteiger partial charge in [0.25, 0.3) is 5.91 Å². The van der Waals surface area contributed by atoms with Gasteiger partial charge in [0.15, 0.2) is 0 Å².